The third-order valence-electron chi connectivity index (χ3n) is 4.42. The normalized spacial score (nSPS) is 18.6. The number of carbonyl (C=O) groups is 2. The third-order valence-corrected chi connectivity index (χ3v) is 6.60. The fraction of sp³-hybridized carbons (Fsp3) is 0.263. The summed E-state index contributed by atoms with van der Waals surface area (Å²) in [6.07, 6.45) is 0. The van der Waals surface area contributed by atoms with Crippen molar-refractivity contribution in [2.45, 2.75) is 20.8 Å². The minimum Gasteiger partial charge on any atom is -0.322 e. The molecule has 1 fully saturated rings. The van der Waals surface area contributed by atoms with E-state index in [2.05, 4.69) is 5.32 Å². The Hall–Kier alpha value is -2.38. The molecule has 1 N–H and O–H groups in total. The van der Waals surface area contributed by atoms with E-state index >= 15 is 0 Å². The summed E-state index contributed by atoms with van der Waals surface area (Å²) < 4.78 is 25.2. The molecular weight excluding hydrogens is 388 g/mol. The monoisotopic (exact) mass is 406 g/mol. The Bertz CT molecular complexity index is 1050. The lowest BCUT2D eigenvalue weighted by atomic mass is 10.1. The van der Waals surface area contributed by atoms with E-state index in [1.54, 1.807) is 6.92 Å². The van der Waals surface area contributed by atoms with Gasteiger partial charge in [0.2, 0.25) is 15.9 Å². The molecule has 0 radical (unpaired) electrons. The molecule has 2 aromatic rings. The topological polar surface area (TPSA) is 83.6 Å². The zero-order chi connectivity index (χ0) is 19.9. The van der Waals surface area contributed by atoms with E-state index in [0.29, 0.717) is 5.69 Å². The molecule has 1 unspecified atom stereocenters. The van der Waals surface area contributed by atoms with E-state index in [1.165, 1.54) is 18.2 Å². The zero-order valence-corrected chi connectivity index (χ0v) is 16.7. The minimum atomic E-state index is -3.72. The van der Waals surface area contributed by atoms with Crippen LogP contribution in [0, 0.1) is 19.8 Å². The molecule has 1 atom stereocenters. The molecule has 27 heavy (non-hydrogen) atoms. The van der Waals surface area contributed by atoms with Gasteiger partial charge in [-0.2, -0.15) is 0 Å². The van der Waals surface area contributed by atoms with Gasteiger partial charge in [0, 0.05) is 5.69 Å². The van der Waals surface area contributed by atoms with Crippen molar-refractivity contribution in [2.24, 2.45) is 5.92 Å². The van der Waals surface area contributed by atoms with Gasteiger partial charge in [-0.05, 0) is 43.7 Å². The average Bonchev–Trinajstić information content (AvgIpc) is 2.77. The highest BCUT2D eigenvalue weighted by atomic mass is 35.5. The number of sulfonamides is 1. The van der Waals surface area contributed by atoms with Crippen LogP contribution >= 0.6 is 11.6 Å². The van der Waals surface area contributed by atoms with E-state index in [0.717, 1.165) is 15.4 Å². The van der Waals surface area contributed by atoms with Crippen molar-refractivity contribution in [3.63, 3.8) is 0 Å². The van der Waals surface area contributed by atoms with Crippen LogP contribution in [0.2, 0.25) is 5.02 Å². The maximum absolute atomic E-state index is 12.6. The van der Waals surface area contributed by atoms with Crippen LogP contribution in [0.3, 0.4) is 0 Å². The summed E-state index contributed by atoms with van der Waals surface area (Å²) in [5, 5.41) is 2.86. The fourth-order valence-electron chi connectivity index (χ4n) is 3.04. The molecule has 2 aromatic carbocycles. The molecule has 0 aliphatic carbocycles. The summed E-state index contributed by atoms with van der Waals surface area (Å²) in [5.74, 6) is -1.76. The number of amides is 2. The SMILES string of the molecule is Cc1ccc(NC(=O)c2ccc(N3C(=O)C(C)CS3(=O)=O)cc2Cl)c(C)c1. The van der Waals surface area contributed by atoms with Crippen LogP contribution in [0.1, 0.15) is 28.4 Å². The number of hydrogen-bond acceptors (Lipinski definition) is 4. The predicted molar refractivity (Wildman–Crippen MR) is 106 cm³/mol. The number of aryl methyl sites for hydroxylation is 2. The van der Waals surface area contributed by atoms with E-state index in [9.17, 15) is 18.0 Å². The van der Waals surface area contributed by atoms with Crippen LogP contribution in [0.5, 0.6) is 0 Å². The minimum absolute atomic E-state index is 0.0670. The first-order valence-corrected chi connectivity index (χ1v) is 10.3. The molecule has 6 nitrogen and oxygen atoms in total. The molecule has 0 saturated carbocycles. The largest absolute Gasteiger partial charge is 0.322 e. The molecule has 1 aliphatic heterocycles. The summed E-state index contributed by atoms with van der Waals surface area (Å²) in [6, 6.07) is 9.80. The average molecular weight is 407 g/mol. The lowest BCUT2D eigenvalue weighted by molar-refractivity contribution is -0.119. The van der Waals surface area contributed by atoms with Gasteiger partial charge in [0.05, 0.1) is 27.9 Å². The van der Waals surface area contributed by atoms with Gasteiger partial charge in [-0.25, -0.2) is 12.7 Å². The highest BCUT2D eigenvalue weighted by molar-refractivity contribution is 7.94. The van der Waals surface area contributed by atoms with Gasteiger partial charge in [-0.15, -0.1) is 0 Å². The number of nitrogens with zero attached hydrogens (tertiary/aromatic N) is 1. The van der Waals surface area contributed by atoms with Crippen molar-refractivity contribution < 1.29 is 18.0 Å². The van der Waals surface area contributed by atoms with Crippen LogP contribution in [0.25, 0.3) is 0 Å². The van der Waals surface area contributed by atoms with Crippen LogP contribution in [0.15, 0.2) is 36.4 Å². The fourth-order valence-corrected chi connectivity index (χ4v) is 5.12. The van der Waals surface area contributed by atoms with Crippen molar-refractivity contribution in [3.8, 4) is 0 Å². The molecule has 0 aromatic heterocycles. The summed E-state index contributed by atoms with van der Waals surface area (Å²) in [5.41, 5.74) is 2.99. The van der Waals surface area contributed by atoms with Crippen molar-refractivity contribution >= 4 is 44.8 Å². The second-order valence-corrected chi connectivity index (χ2v) is 8.99. The first-order valence-electron chi connectivity index (χ1n) is 8.35. The first kappa shape index (κ1) is 19.4. The van der Waals surface area contributed by atoms with Gasteiger partial charge in [-0.3, -0.25) is 9.59 Å². The van der Waals surface area contributed by atoms with Crippen LogP contribution in [-0.4, -0.2) is 26.0 Å². The maximum atomic E-state index is 12.6. The van der Waals surface area contributed by atoms with Gasteiger partial charge in [0.15, 0.2) is 0 Å². The first-order chi connectivity index (χ1) is 12.6. The maximum Gasteiger partial charge on any atom is 0.257 e. The lowest BCUT2D eigenvalue weighted by Gasteiger charge is -2.17. The zero-order valence-electron chi connectivity index (χ0n) is 15.1. The van der Waals surface area contributed by atoms with E-state index < -0.39 is 27.8 Å². The van der Waals surface area contributed by atoms with Gasteiger partial charge >= 0.3 is 0 Å². The van der Waals surface area contributed by atoms with Crippen molar-refractivity contribution in [1.29, 1.82) is 0 Å². The van der Waals surface area contributed by atoms with Gasteiger partial charge < -0.3 is 5.32 Å². The summed E-state index contributed by atoms with van der Waals surface area (Å²) in [7, 11) is -3.72. The number of rotatable bonds is 3. The Morgan fingerprint density at radius 2 is 1.89 bits per heavy atom. The second-order valence-electron chi connectivity index (χ2n) is 6.72. The molecule has 0 bridgehead atoms. The number of carbonyl (C=O) groups excluding carboxylic acids is 2. The molecule has 3 rings (SSSR count). The lowest BCUT2D eigenvalue weighted by Crippen LogP contribution is -2.30. The van der Waals surface area contributed by atoms with Crippen molar-refractivity contribution in [2.75, 3.05) is 15.4 Å². The molecule has 1 aliphatic rings. The molecule has 0 spiro atoms. The summed E-state index contributed by atoms with van der Waals surface area (Å²) >= 11 is 6.22. The second kappa shape index (κ2) is 6.98. The smallest absolute Gasteiger partial charge is 0.257 e. The highest BCUT2D eigenvalue weighted by Gasteiger charge is 2.42. The molecular formula is C19H19ClN2O4S. The van der Waals surface area contributed by atoms with Gasteiger partial charge in [0.25, 0.3) is 5.91 Å². The molecule has 1 heterocycles. The molecule has 142 valence electrons. The van der Waals surface area contributed by atoms with Crippen molar-refractivity contribution in [3.05, 3.63) is 58.1 Å². The third kappa shape index (κ3) is 3.70. The predicted octanol–water partition coefficient (Wildman–Crippen LogP) is 3.52. The number of benzene rings is 2. The number of nitrogens with one attached hydrogen (secondary N) is 1. The van der Waals surface area contributed by atoms with Crippen molar-refractivity contribution in [1.82, 2.24) is 0 Å². The van der Waals surface area contributed by atoms with Gasteiger partial charge in [-0.1, -0.05) is 36.2 Å². The standard InChI is InChI=1S/C19H19ClN2O4S/c1-11-4-7-17(12(2)8-11)21-18(23)15-6-5-14(9-16(15)20)22-19(24)13(3)10-27(22,25)26/h4-9,13H,10H2,1-3H3,(H,21,23). The molecule has 2 amide bonds. The van der Waals surface area contributed by atoms with E-state index in [1.807, 2.05) is 32.0 Å². The Labute approximate surface area is 163 Å². The number of halogens is 1. The summed E-state index contributed by atoms with van der Waals surface area (Å²) in [4.78, 5) is 24.7. The highest BCUT2D eigenvalue weighted by Crippen LogP contribution is 2.31. The Balaban J connectivity index is 1.89. The van der Waals surface area contributed by atoms with Crippen LogP contribution in [-0.2, 0) is 14.8 Å². The Kier molecular flexibility index (Phi) is 5.01. The number of anilines is 2. The van der Waals surface area contributed by atoms with Crippen LogP contribution < -0.4 is 9.62 Å². The number of hydrogen-bond donors (Lipinski definition) is 1. The Morgan fingerprint density at radius 3 is 2.44 bits per heavy atom. The van der Waals surface area contributed by atoms with E-state index in [-0.39, 0.29) is 22.0 Å². The van der Waals surface area contributed by atoms with E-state index in [4.69, 9.17) is 11.6 Å². The quantitative estimate of drug-likeness (QED) is 0.845. The van der Waals surface area contributed by atoms with Gasteiger partial charge in [0.1, 0.15) is 0 Å². The molecule has 1 saturated heterocycles. The van der Waals surface area contributed by atoms with Crippen LogP contribution in [0.4, 0.5) is 11.4 Å². The molecule has 8 heteroatoms. The Morgan fingerprint density at radius 1 is 1.19 bits per heavy atom. The summed E-state index contributed by atoms with van der Waals surface area (Å²) in [6.45, 7) is 5.41.